The van der Waals surface area contributed by atoms with Gasteiger partial charge in [0.1, 0.15) is 0 Å². The molecule has 1 unspecified atom stereocenters. The predicted octanol–water partition coefficient (Wildman–Crippen LogP) is 1.74. The highest BCUT2D eigenvalue weighted by atomic mass is 15.1. The lowest BCUT2D eigenvalue weighted by atomic mass is 10.2. The van der Waals surface area contributed by atoms with Gasteiger partial charge in [0, 0.05) is 6.04 Å². The fourth-order valence-electron chi connectivity index (χ4n) is 0.676. The first-order chi connectivity index (χ1) is 3.68. The zero-order valence-corrected chi connectivity index (χ0v) is 6.44. The molecule has 0 aliphatic heterocycles. The summed E-state index contributed by atoms with van der Waals surface area (Å²) in [5, 5.41) is 0. The van der Waals surface area contributed by atoms with Gasteiger partial charge in [-0.1, -0.05) is 13.3 Å². The second-order valence-corrected chi connectivity index (χ2v) is 2.60. The topological polar surface area (TPSA) is 3.24 Å². The van der Waals surface area contributed by atoms with Crippen LogP contribution in [0.3, 0.4) is 0 Å². The molecule has 0 heterocycles. The highest BCUT2D eigenvalue weighted by Crippen LogP contribution is 1.99. The Kier molecular flexibility index (Phi) is 3.88. The first-order valence-electron chi connectivity index (χ1n) is 3.35. The molecular weight excluding hydrogens is 98.1 g/mol. The lowest BCUT2D eigenvalue weighted by Crippen LogP contribution is -2.23. The second-order valence-electron chi connectivity index (χ2n) is 2.60. The van der Waals surface area contributed by atoms with Crippen molar-refractivity contribution in [3.8, 4) is 0 Å². The largest absolute Gasteiger partial charge is 0.307 e. The SMILES string of the molecule is CCCC(C)N(C)C. The first kappa shape index (κ1) is 7.96. The molecule has 0 radical (unpaired) electrons. The molecule has 0 N–H and O–H groups in total. The Morgan fingerprint density at radius 3 is 2.00 bits per heavy atom. The predicted molar refractivity (Wildman–Crippen MR) is 38.1 cm³/mol. The van der Waals surface area contributed by atoms with Crippen LogP contribution in [0, 0.1) is 0 Å². The van der Waals surface area contributed by atoms with Crippen LogP contribution in [0.15, 0.2) is 0 Å². The van der Waals surface area contributed by atoms with Gasteiger partial charge in [-0.05, 0) is 27.4 Å². The van der Waals surface area contributed by atoms with Crippen molar-refractivity contribution in [1.29, 1.82) is 0 Å². The van der Waals surface area contributed by atoms with E-state index in [2.05, 4.69) is 32.8 Å². The zero-order chi connectivity index (χ0) is 6.57. The summed E-state index contributed by atoms with van der Waals surface area (Å²) in [6.07, 6.45) is 2.60. The van der Waals surface area contributed by atoms with Gasteiger partial charge in [-0.15, -0.1) is 0 Å². The van der Waals surface area contributed by atoms with Crippen LogP contribution in [-0.4, -0.2) is 25.0 Å². The Morgan fingerprint density at radius 2 is 1.88 bits per heavy atom. The van der Waals surface area contributed by atoms with Gasteiger partial charge >= 0.3 is 0 Å². The number of rotatable bonds is 3. The van der Waals surface area contributed by atoms with Gasteiger partial charge in [-0.25, -0.2) is 0 Å². The number of nitrogens with zero attached hydrogens (tertiary/aromatic N) is 1. The van der Waals surface area contributed by atoms with Crippen molar-refractivity contribution in [2.24, 2.45) is 0 Å². The third kappa shape index (κ3) is 3.03. The lowest BCUT2D eigenvalue weighted by Gasteiger charge is -2.17. The molecular formula is C7H17N. The van der Waals surface area contributed by atoms with E-state index in [1.165, 1.54) is 12.8 Å². The average molecular weight is 115 g/mol. The van der Waals surface area contributed by atoms with Gasteiger partial charge in [0.25, 0.3) is 0 Å². The van der Waals surface area contributed by atoms with Crippen molar-refractivity contribution in [1.82, 2.24) is 4.90 Å². The molecule has 1 atom stereocenters. The van der Waals surface area contributed by atoms with E-state index in [4.69, 9.17) is 0 Å². The Balaban J connectivity index is 3.17. The standard InChI is InChI=1S/C7H17N/c1-5-6-7(2)8(3)4/h7H,5-6H2,1-4H3. The lowest BCUT2D eigenvalue weighted by molar-refractivity contribution is 0.297. The molecule has 0 aliphatic rings. The molecule has 0 aromatic rings. The molecule has 8 heavy (non-hydrogen) atoms. The highest BCUT2D eigenvalue weighted by molar-refractivity contribution is 4.56. The number of hydrogen-bond donors (Lipinski definition) is 0. The minimum Gasteiger partial charge on any atom is -0.307 e. The molecule has 0 bridgehead atoms. The molecule has 50 valence electrons. The summed E-state index contributed by atoms with van der Waals surface area (Å²) >= 11 is 0. The van der Waals surface area contributed by atoms with Gasteiger partial charge in [-0.2, -0.15) is 0 Å². The fourth-order valence-corrected chi connectivity index (χ4v) is 0.676. The smallest absolute Gasteiger partial charge is 0.00607 e. The maximum absolute atomic E-state index is 2.25. The van der Waals surface area contributed by atoms with E-state index in [0.717, 1.165) is 6.04 Å². The summed E-state index contributed by atoms with van der Waals surface area (Å²) in [5.41, 5.74) is 0. The molecule has 1 nitrogen and oxygen atoms in total. The van der Waals surface area contributed by atoms with Gasteiger partial charge in [0.15, 0.2) is 0 Å². The van der Waals surface area contributed by atoms with Crippen LogP contribution < -0.4 is 0 Å². The van der Waals surface area contributed by atoms with E-state index < -0.39 is 0 Å². The van der Waals surface area contributed by atoms with E-state index in [1.54, 1.807) is 0 Å². The summed E-state index contributed by atoms with van der Waals surface area (Å²) < 4.78 is 0. The minimum atomic E-state index is 0.750. The van der Waals surface area contributed by atoms with Crippen LogP contribution in [0.25, 0.3) is 0 Å². The zero-order valence-electron chi connectivity index (χ0n) is 6.44. The van der Waals surface area contributed by atoms with Crippen molar-refractivity contribution < 1.29 is 0 Å². The van der Waals surface area contributed by atoms with Crippen LogP contribution in [0.2, 0.25) is 0 Å². The maximum Gasteiger partial charge on any atom is 0.00607 e. The molecule has 0 spiro atoms. The fraction of sp³-hybridized carbons (Fsp3) is 1.00. The van der Waals surface area contributed by atoms with Crippen molar-refractivity contribution >= 4 is 0 Å². The third-order valence-corrected chi connectivity index (χ3v) is 1.59. The van der Waals surface area contributed by atoms with Gasteiger partial charge in [0.05, 0.1) is 0 Å². The monoisotopic (exact) mass is 115 g/mol. The van der Waals surface area contributed by atoms with E-state index in [0.29, 0.717) is 0 Å². The average Bonchev–Trinajstić information content (AvgIpc) is 1.67. The molecule has 1 heteroatoms. The molecule has 0 aliphatic carbocycles. The molecule has 0 saturated heterocycles. The van der Waals surface area contributed by atoms with Crippen LogP contribution in [0.4, 0.5) is 0 Å². The summed E-state index contributed by atoms with van der Waals surface area (Å²) in [4.78, 5) is 2.25. The third-order valence-electron chi connectivity index (χ3n) is 1.59. The Bertz CT molecular complexity index is 50.3. The van der Waals surface area contributed by atoms with Crippen molar-refractivity contribution in [2.75, 3.05) is 14.1 Å². The maximum atomic E-state index is 2.25. The molecule has 0 amide bonds. The molecule has 0 aromatic heterocycles. The summed E-state index contributed by atoms with van der Waals surface area (Å²) in [6.45, 7) is 4.48. The van der Waals surface area contributed by atoms with Gasteiger partial charge < -0.3 is 4.90 Å². The normalized spacial score (nSPS) is 14.6. The molecule has 0 fully saturated rings. The summed E-state index contributed by atoms with van der Waals surface area (Å²) in [6, 6.07) is 0.750. The first-order valence-corrected chi connectivity index (χ1v) is 3.35. The molecule has 0 aromatic carbocycles. The Labute approximate surface area is 52.7 Å². The molecule has 0 rings (SSSR count). The van der Waals surface area contributed by atoms with Crippen LogP contribution in [-0.2, 0) is 0 Å². The summed E-state index contributed by atoms with van der Waals surface area (Å²) in [7, 11) is 4.25. The van der Waals surface area contributed by atoms with Gasteiger partial charge in [0.2, 0.25) is 0 Å². The second kappa shape index (κ2) is 3.90. The minimum absolute atomic E-state index is 0.750. The summed E-state index contributed by atoms with van der Waals surface area (Å²) in [5.74, 6) is 0. The van der Waals surface area contributed by atoms with Crippen LogP contribution in [0.1, 0.15) is 26.7 Å². The van der Waals surface area contributed by atoms with E-state index >= 15 is 0 Å². The van der Waals surface area contributed by atoms with Crippen molar-refractivity contribution in [3.05, 3.63) is 0 Å². The van der Waals surface area contributed by atoms with Crippen LogP contribution in [0.5, 0.6) is 0 Å². The highest BCUT2D eigenvalue weighted by Gasteiger charge is 1.99. The van der Waals surface area contributed by atoms with E-state index in [-0.39, 0.29) is 0 Å². The van der Waals surface area contributed by atoms with Crippen molar-refractivity contribution in [3.63, 3.8) is 0 Å². The van der Waals surface area contributed by atoms with E-state index in [1.807, 2.05) is 0 Å². The van der Waals surface area contributed by atoms with Crippen molar-refractivity contribution in [2.45, 2.75) is 32.7 Å². The Hall–Kier alpha value is -0.0400. The molecule has 0 saturated carbocycles. The Morgan fingerprint density at radius 1 is 1.38 bits per heavy atom. The van der Waals surface area contributed by atoms with Gasteiger partial charge in [-0.3, -0.25) is 0 Å². The number of hydrogen-bond acceptors (Lipinski definition) is 1. The quantitative estimate of drug-likeness (QED) is 0.541. The van der Waals surface area contributed by atoms with E-state index in [9.17, 15) is 0 Å². The van der Waals surface area contributed by atoms with Crippen LogP contribution >= 0.6 is 0 Å².